The molecule has 0 rings (SSSR count). The Hall–Kier alpha value is 2.04. The molecule has 0 aromatic heterocycles. The van der Waals surface area contributed by atoms with E-state index >= 15 is 0 Å². The van der Waals surface area contributed by atoms with Gasteiger partial charge in [0.2, 0.25) is 0 Å². The predicted molar refractivity (Wildman–Crippen MR) is 34.4 cm³/mol. The number of rotatable bonds is 0. The third kappa shape index (κ3) is 70.4. The Morgan fingerprint density at radius 1 is 1.00 bits per heavy atom. The minimum absolute atomic E-state index is 1.75. The number of halogens is 4. The first kappa shape index (κ1) is 11.8. The molecule has 0 aromatic rings. The molecule has 1 radical (unpaired) electrons. The van der Waals surface area contributed by atoms with E-state index in [-0.39, 0.29) is 0 Å². The maximum absolute atomic E-state index is 5.04. The monoisotopic (exact) mass is 259 g/mol. The second kappa shape index (κ2) is 6.17. The standard InChI is InChI=1S/C2H5.4ClH.Zr/c1-2;;;;;/h1H2,2H3;4*1H;/q;;;;;+4/p-4. The van der Waals surface area contributed by atoms with Gasteiger partial charge in [-0.25, -0.2) is 0 Å². The van der Waals surface area contributed by atoms with Crippen molar-refractivity contribution >= 4 is 34.1 Å². The average molecular weight is 262 g/mol. The molecule has 0 N–H and O–H groups in total. The molecule has 0 aromatic carbocycles. The summed E-state index contributed by atoms with van der Waals surface area (Å²) in [5.74, 6) is 0. The van der Waals surface area contributed by atoms with Gasteiger partial charge in [-0.3, -0.25) is 0 Å². The molecule has 0 saturated carbocycles. The van der Waals surface area contributed by atoms with E-state index in [9.17, 15) is 0 Å². The molecular weight excluding hydrogens is 257 g/mol. The predicted octanol–water partition coefficient (Wildman–Crippen LogP) is 3.60. The molecule has 0 fully saturated rings. The quantitative estimate of drug-likeness (QED) is 0.625. The minimum atomic E-state index is -3.29. The molecule has 0 atom stereocenters. The van der Waals surface area contributed by atoms with Crippen LogP contribution in [0.5, 0.6) is 0 Å². The SMILES string of the molecule is [CH2]C.[Cl][Zr]([Cl])([Cl])[Cl]. The van der Waals surface area contributed by atoms with Crippen molar-refractivity contribution in [1.82, 2.24) is 0 Å². The van der Waals surface area contributed by atoms with Crippen LogP contribution >= 0.6 is 34.1 Å². The zero-order chi connectivity index (χ0) is 6.50. The summed E-state index contributed by atoms with van der Waals surface area (Å²) in [6.07, 6.45) is 0. The second-order valence-corrected chi connectivity index (χ2v) is 22.8. The summed E-state index contributed by atoms with van der Waals surface area (Å²) in [6.45, 7) is 5.00. The van der Waals surface area contributed by atoms with Crippen LogP contribution in [0.1, 0.15) is 6.92 Å². The summed E-state index contributed by atoms with van der Waals surface area (Å²) in [7, 11) is 20.1. The van der Waals surface area contributed by atoms with Gasteiger partial charge in [-0.1, -0.05) is 13.8 Å². The van der Waals surface area contributed by atoms with E-state index in [1.165, 1.54) is 0 Å². The molecule has 0 bridgehead atoms. The maximum atomic E-state index is 5.04. The molecule has 0 amide bonds. The van der Waals surface area contributed by atoms with Crippen molar-refractivity contribution < 1.29 is 15.5 Å². The van der Waals surface area contributed by atoms with Gasteiger partial charge < -0.3 is 0 Å². The van der Waals surface area contributed by atoms with Crippen LogP contribution in [0.3, 0.4) is 0 Å². The van der Waals surface area contributed by atoms with Gasteiger partial charge in [0.05, 0.1) is 0 Å². The first-order chi connectivity index (χ1) is 3.00. The summed E-state index contributed by atoms with van der Waals surface area (Å²) in [5, 5.41) is 0. The van der Waals surface area contributed by atoms with Crippen LogP contribution in [0.25, 0.3) is 0 Å². The second-order valence-electron chi connectivity index (χ2n) is 0.429. The summed E-state index contributed by atoms with van der Waals surface area (Å²) in [6, 6.07) is 0. The molecule has 0 nitrogen and oxygen atoms in total. The Balaban J connectivity index is 0. The summed E-state index contributed by atoms with van der Waals surface area (Å²) in [5.41, 5.74) is 0. The average Bonchev–Trinajstić information content (AvgIpc) is 1.36. The van der Waals surface area contributed by atoms with Crippen LogP contribution in [0, 0.1) is 6.92 Å². The molecule has 0 aliphatic heterocycles. The van der Waals surface area contributed by atoms with Crippen molar-refractivity contribution in [2.24, 2.45) is 0 Å². The zero-order valence-electron chi connectivity index (χ0n) is 3.72. The van der Waals surface area contributed by atoms with E-state index in [2.05, 4.69) is 6.92 Å². The van der Waals surface area contributed by atoms with E-state index in [1.54, 1.807) is 6.92 Å². The Labute approximate surface area is 62.7 Å². The summed E-state index contributed by atoms with van der Waals surface area (Å²) < 4.78 is 0. The van der Waals surface area contributed by atoms with Crippen molar-refractivity contribution in [2.45, 2.75) is 6.92 Å². The van der Waals surface area contributed by atoms with Gasteiger partial charge in [-0.05, 0) is 0 Å². The van der Waals surface area contributed by atoms with Gasteiger partial charge in [0.15, 0.2) is 0 Å². The van der Waals surface area contributed by atoms with Crippen molar-refractivity contribution in [3.05, 3.63) is 6.92 Å². The van der Waals surface area contributed by atoms with Crippen LogP contribution in [0.15, 0.2) is 0 Å². The number of hydrogen-bond acceptors (Lipinski definition) is 0. The Morgan fingerprint density at radius 2 is 1.00 bits per heavy atom. The summed E-state index contributed by atoms with van der Waals surface area (Å²) in [4.78, 5) is 0. The fraction of sp³-hybridized carbons (Fsp3) is 0.500. The van der Waals surface area contributed by atoms with Crippen LogP contribution in [0.2, 0.25) is 0 Å². The molecule has 45 valence electrons. The van der Waals surface area contributed by atoms with Crippen LogP contribution in [-0.4, -0.2) is 0 Å². The van der Waals surface area contributed by atoms with E-state index in [0.29, 0.717) is 0 Å². The Kier molecular flexibility index (Phi) is 10.4. The Bertz CT molecular complexity index is 25.2. The molecule has 5 heteroatoms. The molecular formula is C2H5Cl4Zr. The zero-order valence-corrected chi connectivity index (χ0v) is 9.20. The third-order valence-electron chi connectivity index (χ3n) is 0. The van der Waals surface area contributed by atoms with Gasteiger partial charge in [0.1, 0.15) is 0 Å². The van der Waals surface area contributed by atoms with Gasteiger partial charge in [0, 0.05) is 0 Å². The molecule has 0 unspecified atom stereocenters. The first-order valence-electron chi connectivity index (χ1n) is 1.46. The topological polar surface area (TPSA) is 0 Å². The number of hydrogen-bond donors (Lipinski definition) is 0. The van der Waals surface area contributed by atoms with Crippen molar-refractivity contribution in [1.29, 1.82) is 0 Å². The molecule has 0 heterocycles. The van der Waals surface area contributed by atoms with Crippen LogP contribution in [0.4, 0.5) is 0 Å². The van der Waals surface area contributed by atoms with Crippen molar-refractivity contribution in [3.8, 4) is 0 Å². The van der Waals surface area contributed by atoms with E-state index in [1.807, 2.05) is 0 Å². The van der Waals surface area contributed by atoms with Crippen molar-refractivity contribution in [2.75, 3.05) is 0 Å². The van der Waals surface area contributed by atoms with Gasteiger partial charge in [-0.15, -0.1) is 0 Å². The van der Waals surface area contributed by atoms with Crippen LogP contribution in [-0.2, 0) is 15.5 Å². The van der Waals surface area contributed by atoms with Gasteiger partial charge >= 0.3 is 49.5 Å². The molecule has 0 aliphatic carbocycles. The van der Waals surface area contributed by atoms with Gasteiger partial charge in [0.25, 0.3) is 0 Å². The third-order valence-corrected chi connectivity index (χ3v) is 0. The van der Waals surface area contributed by atoms with Crippen molar-refractivity contribution in [3.63, 3.8) is 0 Å². The summed E-state index contributed by atoms with van der Waals surface area (Å²) >= 11 is -3.29. The van der Waals surface area contributed by atoms with E-state index in [4.69, 9.17) is 34.1 Å². The molecule has 0 aliphatic rings. The van der Waals surface area contributed by atoms with Gasteiger partial charge in [-0.2, -0.15) is 0 Å². The Morgan fingerprint density at radius 3 is 1.00 bits per heavy atom. The normalized spacial score (nSPS) is 9.43. The molecule has 7 heavy (non-hydrogen) atoms. The first-order valence-corrected chi connectivity index (χ1v) is 14.1. The fourth-order valence-corrected chi connectivity index (χ4v) is 0. The fourth-order valence-electron chi connectivity index (χ4n) is 0. The van der Waals surface area contributed by atoms with E-state index in [0.717, 1.165) is 0 Å². The van der Waals surface area contributed by atoms with E-state index < -0.39 is 15.5 Å². The molecule has 0 saturated heterocycles. The van der Waals surface area contributed by atoms with Crippen LogP contribution < -0.4 is 0 Å². The molecule has 0 spiro atoms.